The summed E-state index contributed by atoms with van der Waals surface area (Å²) in [4.78, 5) is 11.3. The lowest BCUT2D eigenvalue weighted by molar-refractivity contribution is -0.148. The fraction of sp³-hybridized carbons (Fsp3) is 0.312. The van der Waals surface area contributed by atoms with E-state index >= 15 is 0 Å². The summed E-state index contributed by atoms with van der Waals surface area (Å²) in [6.07, 6.45) is -0.885. The van der Waals surface area contributed by atoms with Crippen molar-refractivity contribution >= 4 is 0 Å². The van der Waals surface area contributed by atoms with E-state index in [1.807, 2.05) is 24.3 Å². The van der Waals surface area contributed by atoms with Gasteiger partial charge in [-0.15, -0.1) is 0 Å². The van der Waals surface area contributed by atoms with E-state index in [0.29, 0.717) is 18.5 Å². The zero-order chi connectivity index (χ0) is 17.2. The van der Waals surface area contributed by atoms with Crippen LogP contribution in [0, 0.1) is 0 Å². The van der Waals surface area contributed by atoms with Crippen molar-refractivity contribution < 1.29 is 17.9 Å². The highest BCUT2D eigenvalue weighted by atomic mass is 19.4. The van der Waals surface area contributed by atoms with Crippen molar-refractivity contribution in [2.45, 2.75) is 25.6 Å². The second-order valence-corrected chi connectivity index (χ2v) is 5.25. The van der Waals surface area contributed by atoms with E-state index in [0.717, 1.165) is 15.9 Å². The minimum atomic E-state index is -4.54. The predicted octanol–water partition coefficient (Wildman–Crippen LogP) is 3.44. The van der Waals surface area contributed by atoms with Gasteiger partial charge in [0.25, 0.3) is 0 Å². The average molecular weight is 336 g/mol. The first-order valence-corrected chi connectivity index (χ1v) is 7.36. The van der Waals surface area contributed by atoms with Crippen molar-refractivity contribution in [3.63, 3.8) is 0 Å². The lowest BCUT2D eigenvalue weighted by Crippen LogP contribution is -2.20. The normalized spacial score (nSPS) is 11.8. The Morgan fingerprint density at radius 1 is 1.17 bits per heavy atom. The number of alkyl halides is 3. The highest BCUT2D eigenvalue weighted by Gasteiger charge is 2.37. The Morgan fingerprint density at radius 3 is 2.71 bits per heavy atom. The molecular weight excluding hydrogens is 321 g/mol. The largest absolute Gasteiger partial charge is 0.496 e. The Bertz CT molecular complexity index is 800. The molecule has 2 aliphatic heterocycles. The van der Waals surface area contributed by atoms with Crippen LogP contribution in [-0.4, -0.2) is 26.6 Å². The molecular formula is C16H15F3N4O. The van der Waals surface area contributed by atoms with Crippen LogP contribution in [0.5, 0.6) is 5.75 Å². The first-order valence-electron chi connectivity index (χ1n) is 7.36. The Balaban J connectivity index is 1.81. The van der Waals surface area contributed by atoms with Gasteiger partial charge in [-0.25, -0.2) is 15.0 Å². The van der Waals surface area contributed by atoms with Crippen molar-refractivity contribution in [3.8, 4) is 17.3 Å². The van der Waals surface area contributed by atoms with Gasteiger partial charge < -0.3 is 9.30 Å². The fourth-order valence-electron chi connectivity index (χ4n) is 2.57. The van der Waals surface area contributed by atoms with Crippen molar-refractivity contribution in [1.82, 2.24) is 19.5 Å². The molecule has 0 amide bonds. The topological polar surface area (TPSA) is 52.8 Å². The second-order valence-electron chi connectivity index (χ2n) is 5.25. The highest BCUT2D eigenvalue weighted by Crippen LogP contribution is 2.30. The molecule has 5 nitrogen and oxygen atoms in total. The smallest absolute Gasteiger partial charge is 0.449 e. The van der Waals surface area contributed by atoms with Gasteiger partial charge in [0.1, 0.15) is 17.8 Å². The maximum Gasteiger partial charge on any atom is 0.449 e. The molecule has 0 radical (unpaired) electrons. The van der Waals surface area contributed by atoms with Gasteiger partial charge in [0.2, 0.25) is 5.82 Å². The molecule has 0 aliphatic carbocycles. The zero-order valence-corrected chi connectivity index (χ0v) is 12.9. The Hall–Kier alpha value is -2.64. The van der Waals surface area contributed by atoms with Crippen LogP contribution in [0.1, 0.15) is 17.8 Å². The van der Waals surface area contributed by atoms with Gasteiger partial charge in [-0.1, -0.05) is 18.2 Å². The standard InChI is InChI=1S/C16H15F3N4O/c1-24-13-7-3-2-5-11(13)6-4-8-23-9-12-14(21-10-20-12)22-15(23)16(17,18)19/h2-3,5,7,9-10H,4,6,8H2,1H3. The van der Waals surface area contributed by atoms with Gasteiger partial charge in [0, 0.05) is 12.7 Å². The van der Waals surface area contributed by atoms with Crippen LogP contribution >= 0.6 is 0 Å². The lowest BCUT2D eigenvalue weighted by Gasteiger charge is -2.16. The number of aryl methyl sites for hydroxylation is 2. The molecule has 0 N–H and O–H groups in total. The number of methoxy groups -OCH3 is 1. The monoisotopic (exact) mass is 336 g/mol. The van der Waals surface area contributed by atoms with Crippen molar-refractivity contribution in [2.75, 3.05) is 7.11 Å². The van der Waals surface area contributed by atoms with Crippen LogP contribution in [0.4, 0.5) is 13.2 Å². The number of hydrogen-bond acceptors (Lipinski definition) is 4. The van der Waals surface area contributed by atoms with Crippen molar-refractivity contribution in [2.24, 2.45) is 0 Å². The fourth-order valence-corrected chi connectivity index (χ4v) is 2.57. The second kappa shape index (κ2) is 6.46. The quantitative estimate of drug-likeness (QED) is 0.716. The molecule has 0 atom stereocenters. The molecule has 8 heteroatoms. The number of aromatic nitrogens is 4. The van der Waals surface area contributed by atoms with E-state index in [1.165, 1.54) is 12.5 Å². The van der Waals surface area contributed by atoms with Gasteiger partial charge in [-0.05, 0) is 24.5 Å². The molecule has 126 valence electrons. The van der Waals surface area contributed by atoms with Crippen LogP contribution in [0.3, 0.4) is 0 Å². The summed E-state index contributed by atoms with van der Waals surface area (Å²) in [7, 11) is 1.57. The first kappa shape index (κ1) is 16.2. The van der Waals surface area contributed by atoms with E-state index in [9.17, 15) is 13.2 Å². The Morgan fingerprint density at radius 2 is 1.96 bits per heavy atom. The number of benzene rings is 1. The molecule has 24 heavy (non-hydrogen) atoms. The maximum atomic E-state index is 13.2. The SMILES string of the molecule is COc1ccccc1CCCn1cc2ncnc-2nc1C(F)(F)F. The third kappa shape index (κ3) is 3.32. The molecule has 0 saturated heterocycles. The molecule has 0 saturated carbocycles. The number of ether oxygens (including phenoxy) is 1. The number of para-hydroxylation sites is 1. The number of rotatable bonds is 5. The summed E-state index contributed by atoms with van der Waals surface area (Å²) < 4.78 is 45.9. The predicted molar refractivity (Wildman–Crippen MR) is 80.8 cm³/mol. The van der Waals surface area contributed by atoms with E-state index in [2.05, 4.69) is 15.0 Å². The summed E-state index contributed by atoms with van der Waals surface area (Å²) in [6, 6.07) is 7.46. The number of nitrogens with zero attached hydrogens (tertiary/aromatic N) is 4. The average Bonchev–Trinajstić information content (AvgIpc) is 3.01. The van der Waals surface area contributed by atoms with Crippen LogP contribution in [-0.2, 0) is 19.1 Å². The van der Waals surface area contributed by atoms with E-state index in [-0.39, 0.29) is 12.4 Å². The first-order chi connectivity index (χ1) is 11.5. The lowest BCUT2D eigenvalue weighted by atomic mass is 10.1. The summed E-state index contributed by atoms with van der Waals surface area (Å²) in [5, 5.41) is 0. The van der Waals surface area contributed by atoms with Crippen molar-refractivity contribution in [3.05, 3.63) is 48.2 Å². The third-order valence-electron chi connectivity index (χ3n) is 3.66. The molecule has 2 heterocycles. The van der Waals surface area contributed by atoms with Gasteiger partial charge in [-0.2, -0.15) is 13.2 Å². The van der Waals surface area contributed by atoms with Crippen LogP contribution in [0.25, 0.3) is 11.5 Å². The molecule has 0 unspecified atom stereocenters. The van der Waals surface area contributed by atoms with Gasteiger partial charge in [0.15, 0.2) is 5.82 Å². The summed E-state index contributed by atoms with van der Waals surface area (Å²) in [5.41, 5.74) is 1.30. The molecule has 2 aliphatic rings. The molecule has 0 aromatic heterocycles. The summed E-state index contributed by atoms with van der Waals surface area (Å²) >= 11 is 0. The number of imidazole rings is 1. The van der Waals surface area contributed by atoms with Crippen LogP contribution < -0.4 is 4.74 Å². The van der Waals surface area contributed by atoms with Gasteiger partial charge in [-0.3, -0.25) is 0 Å². The third-order valence-corrected chi connectivity index (χ3v) is 3.66. The zero-order valence-electron chi connectivity index (χ0n) is 12.9. The number of fused-ring (bicyclic) bond motifs is 1. The molecule has 0 bridgehead atoms. The molecule has 1 aromatic rings. The maximum absolute atomic E-state index is 13.2. The van der Waals surface area contributed by atoms with Crippen LogP contribution in [0.15, 0.2) is 36.8 Å². The minimum Gasteiger partial charge on any atom is -0.496 e. The molecule has 0 fully saturated rings. The van der Waals surface area contributed by atoms with Gasteiger partial charge >= 0.3 is 6.18 Å². The summed E-state index contributed by atoms with van der Waals surface area (Å²) in [6.45, 7) is 0.169. The van der Waals surface area contributed by atoms with Crippen LogP contribution in [0.2, 0.25) is 0 Å². The summed E-state index contributed by atoms with van der Waals surface area (Å²) in [5.74, 6) is -0.229. The number of halogens is 3. The van der Waals surface area contributed by atoms with Gasteiger partial charge in [0.05, 0.1) is 7.11 Å². The molecule has 3 rings (SSSR count). The minimum absolute atomic E-state index is 0.00306. The molecule has 1 aromatic carbocycles. The highest BCUT2D eigenvalue weighted by molar-refractivity contribution is 5.48. The Kier molecular flexibility index (Phi) is 4.37. The molecule has 0 spiro atoms. The Labute approximate surface area is 136 Å². The van der Waals surface area contributed by atoms with E-state index in [1.54, 1.807) is 7.11 Å². The number of hydrogen-bond donors (Lipinski definition) is 0. The van der Waals surface area contributed by atoms with E-state index in [4.69, 9.17) is 4.74 Å². The van der Waals surface area contributed by atoms with E-state index < -0.39 is 12.0 Å². The van der Waals surface area contributed by atoms with Crippen molar-refractivity contribution in [1.29, 1.82) is 0 Å².